The molecular weight excluding hydrogens is 286 g/mol. The molecule has 4 nitrogen and oxygen atoms in total. The van der Waals surface area contributed by atoms with Crippen LogP contribution in [0.25, 0.3) is 0 Å². The van der Waals surface area contributed by atoms with E-state index in [-0.39, 0.29) is 30.3 Å². The summed E-state index contributed by atoms with van der Waals surface area (Å²) in [5.74, 6) is 0.279. The number of amides is 1. The molecule has 2 rings (SSSR count). The van der Waals surface area contributed by atoms with E-state index in [4.69, 9.17) is 5.73 Å². The number of nitrogens with two attached hydrogens (primary N) is 1. The zero-order chi connectivity index (χ0) is 14.7. The van der Waals surface area contributed by atoms with E-state index >= 15 is 0 Å². The molecule has 1 atom stereocenters. The van der Waals surface area contributed by atoms with Crippen LogP contribution in [-0.2, 0) is 4.79 Å². The Kier molecular flexibility index (Phi) is 6.49. The van der Waals surface area contributed by atoms with Crippen molar-refractivity contribution in [1.82, 2.24) is 4.90 Å². The van der Waals surface area contributed by atoms with Crippen LogP contribution in [0, 0.1) is 12.8 Å². The van der Waals surface area contributed by atoms with Gasteiger partial charge in [-0.05, 0) is 30.5 Å². The van der Waals surface area contributed by atoms with Crippen LogP contribution in [-0.4, -0.2) is 43.0 Å². The highest BCUT2D eigenvalue weighted by Gasteiger charge is 2.26. The first-order chi connectivity index (χ1) is 9.49. The highest BCUT2D eigenvalue weighted by Crippen LogP contribution is 2.18. The molecule has 21 heavy (non-hydrogen) atoms. The molecule has 2 N–H and O–H groups in total. The summed E-state index contributed by atoms with van der Waals surface area (Å²) in [5.41, 5.74) is 8.46. The van der Waals surface area contributed by atoms with Gasteiger partial charge >= 0.3 is 0 Å². The average Bonchev–Trinajstić information content (AvgIpc) is 2.46. The SMILES string of the molecule is Cc1cccc(N2CCN(C(=O)[C@@H](N)C(C)C)CC2)c1.Cl. The third-order valence-corrected chi connectivity index (χ3v) is 3.96. The van der Waals surface area contributed by atoms with Gasteiger partial charge in [-0.3, -0.25) is 4.79 Å². The van der Waals surface area contributed by atoms with Gasteiger partial charge in [0.25, 0.3) is 0 Å². The van der Waals surface area contributed by atoms with Crippen molar-refractivity contribution in [2.45, 2.75) is 26.8 Å². The molecule has 0 saturated carbocycles. The first-order valence-corrected chi connectivity index (χ1v) is 7.35. The van der Waals surface area contributed by atoms with E-state index in [1.54, 1.807) is 0 Å². The number of nitrogens with zero attached hydrogens (tertiary/aromatic N) is 2. The number of rotatable bonds is 3. The molecule has 118 valence electrons. The zero-order valence-corrected chi connectivity index (χ0v) is 13.9. The van der Waals surface area contributed by atoms with Crippen molar-refractivity contribution in [3.05, 3.63) is 29.8 Å². The van der Waals surface area contributed by atoms with Crippen molar-refractivity contribution in [2.75, 3.05) is 31.1 Å². The molecule has 1 aromatic carbocycles. The van der Waals surface area contributed by atoms with Gasteiger partial charge in [0.15, 0.2) is 0 Å². The maximum atomic E-state index is 12.2. The summed E-state index contributed by atoms with van der Waals surface area (Å²) in [7, 11) is 0. The largest absolute Gasteiger partial charge is 0.368 e. The molecule has 1 aromatic rings. The van der Waals surface area contributed by atoms with Crippen molar-refractivity contribution in [3.63, 3.8) is 0 Å². The Morgan fingerprint density at radius 1 is 1.19 bits per heavy atom. The predicted octanol–water partition coefficient (Wildman–Crippen LogP) is 2.05. The van der Waals surface area contributed by atoms with E-state index in [1.807, 2.05) is 18.7 Å². The molecule has 0 unspecified atom stereocenters. The lowest BCUT2D eigenvalue weighted by Gasteiger charge is -2.37. The molecule has 1 aliphatic rings. The Balaban J connectivity index is 0.00000220. The number of aryl methyl sites for hydroxylation is 1. The summed E-state index contributed by atoms with van der Waals surface area (Å²) in [6.45, 7) is 9.35. The molecule has 5 heteroatoms. The molecule has 1 saturated heterocycles. The summed E-state index contributed by atoms with van der Waals surface area (Å²) in [5, 5.41) is 0. The smallest absolute Gasteiger partial charge is 0.239 e. The Bertz CT molecular complexity index is 470. The fraction of sp³-hybridized carbons (Fsp3) is 0.562. The fourth-order valence-electron chi connectivity index (χ4n) is 2.51. The van der Waals surface area contributed by atoms with Gasteiger partial charge in [0, 0.05) is 31.9 Å². The first kappa shape index (κ1) is 17.8. The Morgan fingerprint density at radius 2 is 1.81 bits per heavy atom. The normalized spacial score (nSPS) is 16.6. The lowest BCUT2D eigenvalue weighted by molar-refractivity contribution is -0.133. The minimum Gasteiger partial charge on any atom is -0.368 e. The molecule has 0 spiro atoms. The summed E-state index contributed by atoms with van der Waals surface area (Å²) in [6, 6.07) is 8.13. The molecule has 0 aromatic heterocycles. The van der Waals surface area contributed by atoms with Gasteiger partial charge in [0.05, 0.1) is 6.04 Å². The summed E-state index contributed by atoms with van der Waals surface area (Å²) in [6.07, 6.45) is 0. The third-order valence-electron chi connectivity index (χ3n) is 3.96. The lowest BCUT2D eigenvalue weighted by atomic mass is 10.0. The average molecular weight is 312 g/mol. The van der Waals surface area contributed by atoms with Gasteiger partial charge in [-0.25, -0.2) is 0 Å². The molecule has 0 bridgehead atoms. The molecule has 0 radical (unpaired) electrons. The monoisotopic (exact) mass is 311 g/mol. The number of halogens is 1. The van der Waals surface area contributed by atoms with E-state index in [0.29, 0.717) is 0 Å². The van der Waals surface area contributed by atoms with Crippen molar-refractivity contribution in [3.8, 4) is 0 Å². The van der Waals surface area contributed by atoms with Gasteiger partial charge < -0.3 is 15.5 Å². The van der Waals surface area contributed by atoms with Gasteiger partial charge in [0.2, 0.25) is 5.91 Å². The molecule has 1 fully saturated rings. The van der Waals surface area contributed by atoms with E-state index < -0.39 is 0 Å². The second-order valence-corrected chi connectivity index (χ2v) is 5.92. The van der Waals surface area contributed by atoms with Crippen LogP contribution in [0.1, 0.15) is 19.4 Å². The van der Waals surface area contributed by atoms with Gasteiger partial charge in [-0.1, -0.05) is 26.0 Å². The van der Waals surface area contributed by atoms with E-state index in [1.165, 1.54) is 11.3 Å². The maximum Gasteiger partial charge on any atom is 0.239 e. The minimum atomic E-state index is -0.375. The van der Waals surface area contributed by atoms with E-state index in [2.05, 4.69) is 36.1 Å². The summed E-state index contributed by atoms with van der Waals surface area (Å²) in [4.78, 5) is 16.5. The van der Waals surface area contributed by atoms with Crippen molar-refractivity contribution in [1.29, 1.82) is 0 Å². The van der Waals surface area contributed by atoms with Crippen molar-refractivity contribution >= 4 is 24.0 Å². The van der Waals surface area contributed by atoms with Crippen molar-refractivity contribution < 1.29 is 4.79 Å². The highest BCUT2D eigenvalue weighted by molar-refractivity contribution is 5.85. The first-order valence-electron chi connectivity index (χ1n) is 7.35. The standard InChI is InChI=1S/C16H25N3O.ClH/c1-12(2)15(17)16(20)19-9-7-18(8-10-19)14-6-4-5-13(3)11-14;/h4-6,11-12,15H,7-10,17H2,1-3H3;1H/t15-;/m0./s1. The van der Waals surface area contributed by atoms with Gasteiger partial charge in [-0.2, -0.15) is 0 Å². The second-order valence-electron chi connectivity index (χ2n) is 5.92. The number of hydrogen-bond donors (Lipinski definition) is 1. The Morgan fingerprint density at radius 3 is 2.33 bits per heavy atom. The number of carbonyl (C=O) groups excluding carboxylic acids is 1. The second kappa shape index (κ2) is 7.66. The Hall–Kier alpha value is -1.26. The Labute approximate surface area is 133 Å². The van der Waals surface area contributed by atoms with Crippen LogP contribution < -0.4 is 10.6 Å². The highest BCUT2D eigenvalue weighted by atomic mass is 35.5. The molecule has 1 aliphatic heterocycles. The number of carbonyl (C=O) groups is 1. The van der Waals surface area contributed by atoms with Gasteiger partial charge in [-0.15, -0.1) is 12.4 Å². The zero-order valence-electron chi connectivity index (χ0n) is 13.1. The van der Waals surface area contributed by atoms with Gasteiger partial charge in [0.1, 0.15) is 0 Å². The topological polar surface area (TPSA) is 49.6 Å². The van der Waals surface area contributed by atoms with Crippen LogP contribution in [0.4, 0.5) is 5.69 Å². The van der Waals surface area contributed by atoms with Crippen LogP contribution in [0.3, 0.4) is 0 Å². The lowest BCUT2D eigenvalue weighted by Crippen LogP contribution is -2.54. The molecule has 0 aliphatic carbocycles. The quantitative estimate of drug-likeness (QED) is 0.929. The number of benzene rings is 1. The molecular formula is C16H26ClN3O. The van der Waals surface area contributed by atoms with E-state index in [0.717, 1.165) is 26.2 Å². The third kappa shape index (κ3) is 4.35. The van der Waals surface area contributed by atoms with E-state index in [9.17, 15) is 4.79 Å². The summed E-state index contributed by atoms with van der Waals surface area (Å²) < 4.78 is 0. The predicted molar refractivity (Wildman–Crippen MR) is 90.0 cm³/mol. The molecule has 1 heterocycles. The maximum absolute atomic E-state index is 12.2. The number of piperazine rings is 1. The van der Waals surface area contributed by atoms with Crippen LogP contribution in [0.5, 0.6) is 0 Å². The minimum absolute atomic E-state index is 0. The fourth-order valence-corrected chi connectivity index (χ4v) is 2.51. The number of hydrogen-bond acceptors (Lipinski definition) is 3. The van der Waals surface area contributed by atoms with Crippen LogP contribution >= 0.6 is 12.4 Å². The van der Waals surface area contributed by atoms with Crippen molar-refractivity contribution in [2.24, 2.45) is 11.7 Å². The van der Waals surface area contributed by atoms with Crippen LogP contribution in [0.2, 0.25) is 0 Å². The van der Waals surface area contributed by atoms with Crippen LogP contribution in [0.15, 0.2) is 24.3 Å². The summed E-state index contributed by atoms with van der Waals surface area (Å²) >= 11 is 0. The number of anilines is 1. The molecule has 1 amide bonds.